The van der Waals surface area contributed by atoms with E-state index >= 15 is 0 Å². The van der Waals surface area contributed by atoms with E-state index in [0.29, 0.717) is 6.42 Å². The molecule has 0 heterocycles. The molecule has 2 nitrogen and oxygen atoms in total. The summed E-state index contributed by atoms with van der Waals surface area (Å²) in [6.07, 6.45) is 1.42. The van der Waals surface area contributed by atoms with Crippen LogP contribution in [0.2, 0.25) is 0 Å². The zero-order valence-corrected chi connectivity index (χ0v) is 6.91. The molecule has 0 rings (SSSR count). The number of hydrogen-bond donors (Lipinski definition) is 0. The molecule has 0 N–H and O–H groups in total. The van der Waals surface area contributed by atoms with Crippen molar-refractivity contribution in [2.24, 2.45) is 0 Å². The molecule has 0 saturated heterocycles. The summed E-state index contributed by atoms with van der Waals surface area (Å²) >= 11 is -0.393. The summed E-state index contributed by atoms with van der Waals surface area (Å²) in [5, 5.41) is 0. The standard InChI is InChI=1S/C4H7O.C2H3O.Cr/c1-2-3-4-5;1-2-3;/h2-3H2,1H3;1H3;. The van der Waals surface area contributed by atoms with E-state index in [-0.39, 0.29) is 9.29 Å². The summed E-state index contributed by atoms with van der Waals surface area (Å²) in [5.41, 5.74) is 0. The Labute approximate surface area is 61.3 Å². The van der Waals surface area contributed by atoms with Crippen LogP contribution in [0.5, 0.6) is 0 Å². The summed E-state index contributed by atoms with van der Waals surface area (Å²) in [6, 6.07) is 0. The average molecular weight is 166 g/mol. The van der Waals surface area contributed by atoms with Crippen molar-refractivity contribution < 1.29 is 24.8 Å². The predicted octanol–water partition coefficient (Wildman–Crippen LogP) is 0.942. The topological polar surface area (TPSA) is 34.1 Å². The molecule has 0 radical (unpaired) electrons. The first-order valence-corrected chi connectivity index (χ1v) is 4.15. The van der Waals surface area contributed by atoms with E-state index in [0.717, 1.165) is 6.42 Å². The van der Waals surface area contributed by atoms with Gasteiger partial charge in [-0.2, -0.15) is 0 Å². The number of hydrogen-bond acceptors (Lipinski definition) is 2. The third-order valence-corrected chi connectivity index (χ3v) is 1.83. The van der Waals surface area contributed by atoms with Crippen molar-refractivity contribution in [1.82, 2.24) is 0 Å². The molecular formula is C6H10CrO2. The van der Waals surface area contributed by atoms with Gasteiger partial charge in [0, 0.05) is 0 Å². The molecule has 0 bridgehead atoms. The molecule has 0 aliphatic carbocycles. The molecule has 0 aromatic carbocycles. The van der Waals surface area contributed by atoms with E-state index in [1.165, 1.54) is 6.92 Å². The maximum atomic E-state index is 10.7. The normalized spacial score (nSPS) is 9.11. The second-order valence-corrected chi connectivity index (χ2v) is 3.64. The van der Waals surface area contributed by atoms with Crippen LogP contribution in [0.1, 0.15) is 26.7 Å². The molecule has 0 saturated carbocycles. The van der Waals surface area contributed by atoms with Crippen molar-refractivity contribution in [2.75, 3.05) is 0 Å². The van der Waals surface area contributed by atoms with E-state index in [9.17, 15) is 9.59 Å². The van der Waals surface area contributed by atoms with Crippen LogP contribution in [0.15, 0.2) is 0 Å². The molecule has 0 spiro atoms. The molecule has 3 heteroatoms. The molecule has 9 heavy (non-hydrogen) atoms. The van der Waals surface area contributed by atoms with Crippen LogP contribution in [0.4, 0.5) is 0 Å². The summed E-state index contributed by atoms with van der Waals surface area (Å²) in [7, 11) is 0. The zero-order chi connectivity index (χ0) is 7.28. The average Bonchev–Trinajstić information content (AvgIpc) is 1.63. The third-order valence-electron chi connectivity index (χ3n) is 0.712. The van der Waals surface area contributed by atoms with Gasteiger partial charge in [-0.3, -0.25) is 0 Å². The molecule has 0 unspecified atom stereocenters. The Bertz CT molecular complexity index is 120. The Hall–Kier alpha value is -0.128. The van der Waals surface area contributed by atoms with Crippen molar-refractivity contribution in [2.45, 2.75) is 26.7 Å². The Morgan fingerprint density at radius 1 is 1.44 bits per heavy atom. The fraction of sp³-hybridized carbons (Fsp3) is 0.667. The van der Waals surface area contributed by atoms with Gasteiger partial charge in [0.2, 0.25) is 0 Å². The van der Waals surface area contributed by atoms with E-state index in [2.05, 4.69) is 0 Å². The summed E-state index contributed by atoms with van der Waals surface area (Å²) in [4.78, 5) is 21.0. The minimum atomic E-state index is -0.393. The van der Waals surface area contributed by atoms with Crippen molar-refractivity contribution in [3.8, 4) is 0 Å². The van der Waals surface area contributed by atoms with Crippen LogP contribution < -0.4 is 0 Å². The van der Waals surface area contributed by atoms with Gasteiger partial charge < -0.3 is 0 Å². The molecule has 0 aliphatic rings. The van der Waals surface area contributed by atoms with Crippen LogP contribution in [-0.4, -0.2) is 9.29 Å². The van der Waals surface area contributed by atoms with Crippen molar-refractivity contribution in [3.63, 3.8) is 0 Å². The molecule has 0 fully saturated rings. The molecule has 0 aromatic rings. The Morgan fingerprint density at radius 3 is 2.33 bits per heavy atom. The van der Waals surface area contributed by atoms with E-state index in [4.69, 9.17) is 0 Å². The van der Waals surface area contributed by atoms with Gasteiger partial charge in [-0.25, -0.2) is 0 Å². The van der Waals surface area contributed by atoms with Crippen molar-refractivity contribution in [3.05, 3.63) is 0 Å². The SMILES string of the molecule is CCC[C](=O)[Cr][C](C)=O. The van der Waals surface area contributed by atoms with E-state index in [1.807, 2.05) is 6.92 Å². The van der Waals surface area contributed by atoms with Gasteiger partial charge in [0.15, 0.2) is 0 Å². The maximum absolute atomic E-state index is 10.7. The van der Waals surface area contributed by atoms with Gasteiger partial charge in [0.05, 0.1) is 0 Å². The second-order valence-electron chi connectivity index (χ2n) is 1.72. The summed E-state index contributed by atoms with van der Waals surface area (Å²) in [6.45, 7) is 3.40. The predicted molar refractivity (Wildman–Crippen MR) is 30.6 cm³/mol. The van der Waals surface area contributed by atoms with Crippen LogP contribution in [-0.2, 0) is 24.8 Å². The molecule has 0 aromatic heterocycles. The summed E-state index contributed by atoms with van der Waals surface area (Å²) in [5.74, 6) is 0. The van der Waals surface area contributed by atoms with Crippen LogP contribution in [0.25, 0.3) is 0 Å². The van der Waals surface area contributed by atoms with Crippen molar-refractivity contribution in [1.29, 1.82) is 0 Å². The van der Waals surface area contributed by atoms with E-state index < -0.39 is 15.2 Å². The van der Waals surface area contributed by atoms with Crippen LogP contribution >= 0.6 is 0 Å². The van der Waals surface area contributed by atoms with Crippen LogP contribution in [0, 0.1) is 0 Å². The molecule has 0 atom stereocenters. The Morgan fingerprint density at radius 2 is 2.00 bits per heavy atom. The van der Waals surface area contributed by atoms with Gasteiger partial charge >= 0.3 is 60.8 Å². The van der Waals surface area contributed by atoms with Gasteiger partial charge in [-0.1, -0.05) is 0 Å². The molecule has 52 valence electrons. The number of carbonyl (C=O) groups is 2. The quantitative estimate of drug-likeness (QED) is 0.622. The Balaban J connectivity index is 3.39. The first-order valence-electron chi connectivity index (χ1n) is 2.88. The third kappa shape index (κ3) is 5.75. The second kappa shape index (κ2) is 4.72. The summed E-state index contributed by atoms with van der Waals surface area (Å²) < 4.78 is 0.151. The van der Waals surface area contributed by atoms with Gasteiger partial charge in [-0.15, -0.1) is 0 Å². The fourth-order valence-corrected chi connectivity index (χ4v) is 1.39. The first-order chi connectivity index (χ1) is 4.16. The first kappa shape index (κ1) is 8.87. The Kier molecular flexibility index (Phi) is 4.66. The molecule has 0 aliphatic heterocycles. The number of rotatable bonds is 4. The van der Waals surface area contributed by atoms with E-state index in [1.54, 1.807) is 0 Å². The molecule has 0 amide bonds. The monoisotopic (exact) mass is 166 g/mol. The zero-order valence-electron chi connectivity index (χ0n) is 5.64. The number of carbonyl (C=O) groups excluding carboxylic acids is 2. The fourth-order valence-electron chi connectivity index (χ4n) is 0.415. The van der Waals surface area contributed by atoms with Crippen LogP contribution in [0.3, 0.4) is 0 Å². The van der Waals surface area contributed by atoms with Gasteiger partial charge in [-0.05, 0) is 0 Å². The molecular weight excluding hydrogens is 156 g/mol. The van der Waals surface area contributed by atoms with Gasteiger partial charge in [0.25, 0.3) is 0 Å². The van der Waals surface area contributed by atoms with Crippen molar-refractivity contribution >= 4 is 9.29 Å². The minimum absolute atomic E-state index is 0.0287. The van der Waals surface area contributed by atoms with Gasteiger partial charge in [0.1, 0.15) is 0 Å².